The van der Waals surface area contributed by atoms with Crippen molar-refractivity contribution in [3.8, 4) is 0 Å². The summed E-state index contributed by atoms with van der Waals surface area (Å²) in [6.45, 7) is 6.49. The van der Waals surface area contributed by atoms with Crippen molar-refractivity contribution in [1.29, 1.82) is 0 Å². The topological polar surface area (TPSA) is 78.9 Å². The zero-order valence-corrected chi connectivity index (χ0v) is 44.9. The average molecular weight is 950 g/mol. The van der Waals surface area contributed by atoms with Gasteiger partial charge >= 0.3 is 17.9 Å². The van der Waals surface area contributed by atoms with E-state index in [2.05, 4.69) is 93.7 Å². The van der Waals surface area contributed by atoms with Gasteiger partial charge in [0.15, 0.2) is 6.10 Å². The Labute approximate surface area is 421 Å². The molecule has 0 saturated carbocycles. The number of allylic oxidation sites excluding steroid dienone is 12. The Morgan fingerprint density at radius 3 is 0.941 bits per heavy atom. The molecule has 0 aliphatic heterocycles. The van der Waals surface area contributed by atoms with Crippen LogP contribution < -0.4 is 0 Å². The molecule has 1 atom stereocenters. The van der Waals surface area contributed by atoms with Gasteiger partial charge in [0.1, 0.15) is 13.2 Å². The largest absolute Gasteiger partial charge is 0.462 e. The van der Waals surface area contributed by atoms with Crippen molar-refractivity contribution in [1.82, 2.24) is 0 Å². The minimum atomic E-state index is -0.782. The van der Waals surface area contributed by atoms with Gasteiger partial charge in [-0.15, -0.1) is 0 Å². The van der Waals surface area contributed by atoms with E-state index in [0.29, 0.717) is 19.3 Å². The number of carbonyl (C=O) groups excluding carboxylic acids is 3. The number of ether oxygens (including phenoxy) is 3. The van der Waals surface area contributed by atoms with E-state index in [0.717, 1.165) is 103 Å². The molecule has 392 valence electrons. The Kier molecular flexibility index (Phi) is 53.8. The summed E-state index contributed by atoms with van der Waals surface area (Å²) in [4.78, 5) is 38.1. The fourth-order valence-corrected chi connectivity index (χ4v) is 8.07. The van der Waals surface area contributed by atoms with Gasteiger partial charge < -0.3 is 14.2 Å². The molecule has 0 amide bonds. The maximum absolute atomic E-state index is 12.8. The number of hydrogen-bond donors (Lipinski definition) is 0. The summed E-state index contributed by atoms with van der Waals surface area (Å²) >= 11 is 0. The Morgan fingerprint density at radius 2 is 0.574 bits per heavy atom. The monoisotopic (exact) mass is 949 g/mol. The first-order valence-corrected chi connectivity index (χ1v) is 28.9. The summed E-state index contributed by atoms with van der Waals surface area (Å²) in [5.41, 5.74) is 0. The molecule has 0 aliphatic carbocycles. The molecule has 0 rings (SSSR count). The summed E-state index contributed by atoms with van der Waals surface area (Å²) in [7, 11) is 0. The summed E-state index contributed by atoms with van der Waals surface area (Å²) in [6, 6.07) is 0. The van der Waals surface area contributed by atoms with Crippen molar-refractivity contribution >= 4 is 17.9 Å². The van der Waals surface area contributed by atoms with E-state index in [1.54, 1.807) is 0 Å². The summed E-state index contributed by atoms with van der Waals surface area (Å²) in [6.07, 6.45) is 71.8. The summed E-state index contributed by atoms with van der Waals surface area (Å²) in [5.74, 6) is -0.894. The van der Waals surface area contributed by atoms with E-state index in [1.807, 2.05) is 0 Å². The molecule has 0 aromatic carbocycles. The van der Waals surface area contributed by atoms with Gasteiger partial charge in [0, 0.05) is 19.3 Å². The highest BCUT2D eigenvalue weighted by Crippen LogP contribution is 2.15. The van der Waals surface area contributed by atoms with Crippen molar-refractivity contribution in [2.75, 3.05) is 13.2 Å². The van der Waals surface area contributed by atoms with Crippen molar-refractivity contribution < 1.29 is 28.6 Å². The van der Waals surface area contributed by atoms with Gasteiger partial charge in [-0.25, -0.2) is 0 Å². The first-order valence-electron chi connectivity index (χ1n) is 28.9. The van der Waals surface area contributed by atoms with Crippen LogP contribution in [0.3, 0.4) is 0 Å². The van der Waals surface area contributed by atoms with Crippen LogP contribution in [0.25, 0.3) is 0 Å². The molecule has 6 nitrogen and oxygen atoms in total. The van der Waals surface area contributed by atoms with E-state index in [9.17, 15) is 14.4 Å². The molecular formula is C62H108O6. The summed E-state index contributed by atoms with van der Waals surface area (Å²) in [5, 5.41) is 0. The van der Waals surface area contributed by atoms with Crippen molar-refractivity contribution in [2.45, 2.75) is 290 Å². The van der Waals surface area contributed by atoms with Crippen LogP contribution in [-0.2, 0) is 28.6 Å². The molecule has 1 unspecified atom stereocenters. The van der Waals surface area contributed by atoms with Crippen LogP contribution in [0.5, 0.6) is 0 Å². The van der Waals surface area contributed by atoms with Crippen LogP contribution in [0.2, 0.25) is 0 Å². The standard InChI is InChI=1S/C62H108O6/c1-4-7-10-13-16-19-22-25-26-27-28-29-30-31-32-33-34-35-36-38-40-43-46-49-52-55-61(64)67-58-59(57-66-60(63)54-51-48-45-42-39-24-21-18-15-12-9-6-3)68-62(65)56-53-50-47-44-41-37-23-20-17-14-11-8-5-2/h7,10,16,18-21,23,25-26,28-29,59H,4-6,8-9,11-15,17,22,24,27,30-58H2,1-3H3/b10-7-,19-16-,21-18-,23-20-,26-25-,29-28-. The van der Waals surface area contributed by atoms with Gasteiger partial charge in [-0.3, -0.25) is 14.4 Å². The molecule has 0 aromatic heterocycles. The fourth-order valence-electron chi connectivity index (χ4n) is 8.07. The molecule has 0 spiro atoms. The zero-order chi connectivity index (χ0) is 49.3. The highest BCUT2D eigenvalue weighted by atomic mass is 16.6. The van der Waals surface area contributed by atoms with E-state index in [-0.39, 0.29) is 31.1 Å². The number of unbranched alkanes of at least 4 members (excludes halogenated alkanes) is 29. The number of carbonyl (C=O) groups is 3. The maximum Gasteiger partial charge on any atom is 0.306 e. The van der Waals surface area contributed by atoms with Crippen LogP contribution in [0.15, 0.2) is 72.9 Å². The van der Waals surface area contributed by atoms with E-state index in [4.69, 9.17) is 14.2 Å². The SMILES string of the molecule is CC/C=C\C/C=C\C/C=C\C/C=C\CCCCCCCCCCCCCCC(=O)OCC(COC(=O)CCCCCCC/C=C\CCCCC)OC(=O)CCCCCCC/C=C\CCCCCC. The Balaban J connectivity index is 4.25. The third-order valence-electron chi connectivity index (χ3n) is 12.4. The van der Waals surface area contributed by atoms with E-state index >= 15 is 0 Å². The predicted octanol–water partition coefficient (Wildman–Crippen LogP) is 19.4. The third kappa shape index (κ3) is 53.8. The molecule has 6 heteroatoms. The van der Waals surface area contributed by atoms with Crippen molar-refractivity contribution in [3.63, 3.8) is 0 Å². The van der Waals surface area contributed by atoms with Gasteiger partial charge in [-0.1, -0.05) is 229 Å². The lowest BCUT2D eigenvalue weighted by Crippen LogP contribution is -2.30. The molecule has 0 bridgehead atoms. The Hall–Kier alpha value is -3.15. The fraction of sp³-hybridized carbons (Fsp3) is 0.758. The lowest BCUT2D eigenvalue weighted by atomic mass is 10.0. The van der Waals surface area contributed by atoms with Crippen LogP contribution in [0.1, 0.15) is 284 Å². The Morgan fingerprint density at radius 1 is 0.309 bits per heavy atom. The molecule has 0 heterocycles. The van der Waals surface area contributed by atoms with Crippen molar-refractivity contribution in [2.24, 2.45) is 0 Å². The minimum Gasteiger partial charge on any atom is -0.462 e. The molecule has 0 N–H and O–H groups in total. The van der Waals surface area contributed by atoms with E-state index < -0.39 is 6.10 Å². The molecule has 0 aromatic rings. The second kappa shape index (κ2) is 56.4. The first-order chi connectivity index (χ1) is 33.5. The second-order valence-corrected chi connectivity index (χ2v) is 19.2. The van der Waals surface area contributed by atoms with Gasteiger partial charge in [-0.05, 0) is 109 Å². The first kappa shape index (κ1) is 64.8. The van der Waals surface area contributed by atoms with Gasteiger partial charge in [0.25, 0.3) is 0 Å². The molecule has 0 saturated heterocycles. The van der Waals surface area contributed by atoms with Crippen LogP contribution >= 0.6 is 0 Å². The zero-order valence-electron chi connectivity index (χ0n) is 44.9. The predicted molar refractivity (Wildman–Crippen MR) is 293 cm³/mol. The second-order valence-electron chi connectivity index (χ2n) is 19.2. The van der Waals surface area contributed by atoms with Crippen molar-refractivity contribution in [3.05, 3.63) is 72.9 Å². The highest BCUT2D eigenvalue weighted by Gasteiger charge is 2.19. The molecular weight excluding hydrogens is 841 g/mol. The van der Waals surface area contributed by atoms with Crippen LogP contribution in [0, 0.1) is 0 Å². The summed E-state index contributed by atoms with van der Waals surface area (Å²) < 4.78 is 16.8. The number of hydrogen-bond acceptors (Lipinski definition) is 6. The van der Waals surface area contributed by atoms with Gasteiger partial charge in [0.05, 0.1) is 0 Å². The molecule has 0 radical (unpaired) electrons. The highest BCUT2D eigenvalue weighted by molar-refractivity contribution is 5.71. The minimum absolute atomic E-state index is 0.0810. The number of esters is 3. The Bertz CT molecular complexity index is 1270. The normalized spacial score (nSPS) is 12.6. The number of rotatable bonds is 52. The smallest absolute Gasteiger partial charge is 0.306 e. The average Bonchev–Trinajstić information content (AvgIpc) is 3.34. The lowest BCUT2D eigenvalue weighted by Gasteiger charge is -2.18. The molecule has 0 fully saturated rings. The van der Waals surface area contributed by atoms with Crippen LogP contribution in [-0.4, -0.2) is 37.2 Å². The lowest BCUT2D eigenvalue weighted by molar-refractivity contribution is -0.167. The van der Waals surface area contributed by atoms with Crippen LogP contribution in [0.4, 0.5) is 0 Å². The molecule has 68 heavy (non-hydrogen) atoms. The maximum atomic E-state index is 12.8. The van der Waals surface area contributed by atoms with Gasteiger partial charge in [-0.2, -0.15) is 0 Å². The quantitative estimate of drug-likeness (QED) is 0.0262. The van der Waals surface area contributed by atoms with E-state index in [1.165, 1.54) is 141 Å². The van der Waals surface area contributed by atoms with Gasteiger partial charge in [0.2, 0.25) is 0 Å². The molecule has 0 aliphatic rings. The third-order valence-corrected chi connectivity index (χ3v) is 12.4.